The first-order chi connectivity index (χ1) is 7.14. The first-order valence-electron chi connectivity index (χ1n) is 5.49. The maximum atomic E-state index is 12.0. The molecule has 0 radical (unpaired) electrons. The first-order valence-corrected chi connectivity index (χ1v) is 5.49. The number of nitrogens with zero attached hydrogens (tertiary/aromatic N) is 2. The molecule has 0 aromatic heterocycles. The number of amides is 2. The van der Waals surface area contributed by atoms with Crippen molar-refractivity contribution in [1.82, 2.24) is 9.80 Å². The van der Waals surface area contributed by atoms with Gasteiger partial charge in [-0.3, -0.25) is 9.59 Å². The zero-order chi connectivity index (χ0) is 10.6. The van der Waals surface area contributed by atoms with Crippen molar-refractivity contribution in [2.75, 3.05) is 13.1 Å². The van der Waals surface area contributed by atoms with Crippen molar-refractivity contribution < 1.29 is 14.7 Å². The molecule has 5 nitrogen and oxygen atoms in total. The van der Waals surface area contributed by atoms with Gasteiger partial charge in [-0.25, -0.2) is 0 Å². The minimum absolute atomic E-state index is 0.0629. The number of carbonyl (C=O) groups excluding carboxylic acids is 2. The van der Waals surface area contributed by atoms with Crippen molar-refractivity contribution in [3.8, 4) is 0 Å². The summed E-state index contributed by atoms with van der Waals surface area (Å²) in [5.41, 5.74) is -1.52. The van der Waals surface area contributed by atoms with Gasteiger partial charge in [0.25, 0.3) is 5.91 Å². The Kier molecular flexibility index (Phi) is 1.66. The fourth-order valence-corrected chi connectivity index (χ4v) is 2.99. The first kappa shape index (κ1) is 9.15. The summed E-state index contributed by atoms with van der Waals surface area (Å²) in [6.07, 6.45) is 2.72. The SMILES string of the molecule is O=C1[C@@H]2CCCN2C(=O)[C@@]2(O)CCCN12. The maximum Gasteiger partial charge on any atom is 0.276 e. The molecule has 2 atom stereocenters. The summed E-state index contributed by atoms with van der Waals surface area (Å²) in [5.74, 6) is -0.325. The fraction of sp³-hybridized carbons (Fsp3) is 0.800. The standard InChI is InChI=1S/C10H14N2O3/c13-8-7-3-1-5-11(7)9(14)10(15)4-2-6-12(8)10/h7,15H,1-6H2/t7-,10-/m0/s1. The zero-order valence-corrected chi connectivity index (χ0v) is 8.48. The summed E-state index contributed by atoms with van der Waals surface area (Å²) in [5, 5.41) is 10.2. The molecule has 2 amide bonds. The van der Waals surface area contributed by atoms with Crippen molar-refractivity contribution in [3.05, 3.63) is 0 Å². The number of carbonyl (C=O) groups is 2. The van der Waals surface area contributed by atoms with Gasteiger partial charge >= 0.3 is 0 Å². The molecule has 0 aliphatic carbocycles. The molecule has 0 unspecified atom stereocenters. The molecule has 0 saturated carbocycles. The molecule has 0 aromatic carbocycles. The van der Waals surface area contributed by atoms with Crippen molar-refractivity contribution in [3.63, 3.8) is 0 Å². The number of fused-ring (bicyclic) bond motifs is 2. The monoisotopic (exact) mass is 210 g/mol. The van der Waals surface area contributed by atoms with Gasteiger partial charge in [0.2, 0.25) is 11.6 Å². The second-order valence-electron chi connectivity index (χ2n) is 4.57. The van der Waals surface area contributed by atoms with Crippen molar-refractivity contribution in [2.45, 2.75) is 37.5 Å². The van der Waals surface area contributed by atoms with Gasteiger partial charge in [-0.1, -0.05) is 0 Å². The van der Waals surface area contributed by atoms with Crippen LogP contribution in [0, 0.1) is 0 Å². The van der Waals surface area contributed by atoms with Gasteiger partial charge in [0.15, 0.2) is 0 Å². The van der Waals surface area contributed by atoms with Crippen LogP contribution in [0.2, 0.25) is 0 Å². The molecule has 3 rings (SSSR count). The van der Waals surface area contributed by atoms with Crippen LogP contribution in [-0.2, 0) is 9.59 Å². The minimum Gasteiger partial charge on any atom is -0.363 e. The van der Waals surface area contributed by atoms with Crippen LogP contribution in [0.1, 0.15) is 25.7 Å². The van der Waals surface area contributed by atoms with Gasteiger partial charge < -0.3 is 14.9 Å². The summed E-state index contributed by atoms with van der Waals surface area (Å²) >= 11 is 0. The molecule has 0 spiro atoms. The number of aliphatic hydroxyl groups is 1. The van der Waals surface area contributed by atoms with E-state index in [4.69, 9.17) is 0 Å². The lowest BCUT2D eigenvalue weighted by molar-refractivity contribution is -0.190. The summed E-state index contributed by atoms with van der Waals surface area (Å²) < 4.78 is 0. The van der Waals surface area contributed by atoms with E-state index in [1.165, 1.54) is 4.90 Å². The van der Waals surface area contributed by atoms with Gasteiger partial charge in [0.1, 0.15) is 6.04 Å². The van der Waals surface area contributed by atoms with E-state index in [2.05, 4.69) is 0 Å². The topological polar surface area (TPSA) is 60.9 Å². The van der Waals surface area contributed by atoms with Crippen molar-refractivity contribution in [2.24, 2.45) is 0 Å². The van der Waals surface area contributed by atoms with Crippen LogP contribution in [0.25, 0.3) is 0 Å². The Hall–Kier alpha value is -1.10. The van der Waals surface area contributed by atoms with Crippen molar-refractivity contribution in [1.29, 1.82) is 0 Å². The Morgan fingerprint density at radius 3 is 2.87 bits per heavy atom. The van der Waals surface area contributed by atoms with Crippen LogP contribution < -0.4 is 0 Å². The summed E-state index contributed by atoms with van der Waals surface area (Å²) in [6.45, 7) is 1.14. The van der Waals surface area contributed by atoms with Crippen LogP contribution in [0.3, 0.4) is 0 Å². The molecule has 5 heteroatoms. The molecule has 1 N–H and O–H groups in total. The Labute approximate surface area is 87.6 Å². The summed E-state index contributed by atoms with van der Waals surface area (Å²) in [4.78, 5) is 27.0. The Balaban J connectivity index is 2.03. The summed E-state index contributed by atoms with van der Waals surface area (Å²) in [7, 11) is 0. The Bertz CT molecular complexity index is 344. The third-order valence-corrected chi connectivity index (χ3v) is 3.76. The highest BCUT2D eigenvalue weighted by atomic mass is 16.3. The normalized spacial score (nSPS) is 39.7. The fourth-order valence-electron chi connectivity index (χ4n) is 2.99. The average molecular weight is 210 g/mol. The van der Waals surface area contributed by atoms with Gasteiger partial charge in [0, 0.05) is 19.5 Å². The molecule has 3 heterocycles. The minimum atomic E-state index is -1.52. The van der Waals surface area contributed by atoms with E-state index in [1.54, 1.807) is 4.90 Å². The number of rotatable bonds is 0. The van der Waals surface area contributed by atoms with E-state index in [0.717, 1.165) is 12.8 Å². The molecule has 3 aliphatic rings. The van der Waals surface area contributed by atoms with E-state index in [1.807, 2.05) is 0 Å². The molecule has 82 valence electrons. The Morgan fingerprint density at radius 2 is 2.07 bits per heavy atom. The second-order valence-corrected chi connectivity index (χ2v) is 4.57. The highest BCUT2D eigenvalue weighted by Gasteiger charge is 2.58. The van der Waals surface area contributed by atoms with E-state index >= 15 is 0 Å². The average Bonchev–Trinajstić information content (AvgIpc) is 2.81. The third-order valence-electron chi connectivity index (χ3n) is 3.76. The quantitative estimate of drug-likeness (QED) is 0.575. The molecule has 0 aromatic rings. The highest BCUT2D eigenvalue weighted by molar-refractivity contribution is 5.99. The van der Waals surface area contributed by atoms with E-state index < -0.39 is 5.72 Å². The number of hydrogen-bond acceptors (Lipinski definition) is 3. The molecule has 3 fully saturated rings. The van der Waals surface area contributed by atoms with Crippen LogP contribution in [0.5, 0.6) is 0 Å². The van der Waals surface area contributed by atoms with Gasteiger partial charge in [0.05, 0.1) is 0 Å². The number of hydrogen-bond donors (Lipinski definition) is 1. The predicted octanol–water partition coefficient (Wildman–Crippen LogP) is -0.698. The second kappa shape index (κ2) is 2.72. The third kappa shape index (κ3) is 0.963. The van der Waals surface area contributed by atoms with Crippen LogP contribution >= 0.6 is 0 Å². The lowest BCUT2D eigenvalue weighted by Gasteiger charge is -2.43. The van der Waals surface area contributed by atoms with Crippen LogP contribution in [0.4, 0.5) is 0 Å². The van der Waals surface area contributed by atoms with Gasteiger partial charge in [-0.05, 0) is 19.3 Å². The molecule has 3 aliphatic heterocycles. The van der Waals surface area contributed by atoms with Crippen LogP contribution in [-0.4, -0.2) is 51.6 Å². The highest BCUT2D eigenvalue weighted by Crippen LogP contribution is 2.37. The van der Waals surface area contributed by atoms with E-state index in [0.29, 0.717) is 25.9 Å². The van der Waals surface area contributed by atoms with Crippen LogP contribution in [0.15, 0.2) is 0 Å². The molecule has 0 bridgehead atoms. The largest absolute Gasteiger partial charge is 0.363 e. The Morgan fingerprint density at radius 1 is 1.27 bits per heavy atom. The molecule has 15 heavy (non-hydrogen) atoms. The maximum absolute atomic E-state index is 12.0. The van der Waals surface area contributed by atoms with Gasteiger partial charge in [-0.2, -0.15) is 0 Å². The lowest BCUT2D eigenvalue weighted by Crippen LogP contribution is -2.67. The smallest absolute Gasteiger partial charge is 0.276 e. The molecular formula is C10H14N2O3. The molecule has 3 saturated heterocycles. The van der Waals surface area contributed by atoms with Crippen molar-refractivity contribution >= 4 is 11.8 Å². The lowest BCUT2D eigenvalue weighted by atomic mass is 10.0. The van der Waals surface area contributed by atoms with E-state index in [-0.39, 0.29) is 17.9 Å². The molecular weight excluding hydrogens is 196 g/mol. The predicted molar refractivity (Wildman–Crippen MR) is 50.6 cm³/mol. The number of piperazine rings is 1. The van der Waals surface area contributed by atoms with E-state index in [9.17, 15) is 14.7 Å². The summed E-state index contributed by atoms with van der Waals surface area (Å²) in [6, 6.07) is -0.295. The van der Waals surface area contributed by atoms with Gasteiger partial charge in [-0.15, -0.1) is 0 Å². The zero-order valence-electron chi connectivity index (χ0n) is 8.48.